The van der Waals surface area contributed by atoms with Crippen molar-refractivity contribution in [1.29, 1.82) is 0 Å². The van der Waals surface area contributed by atoms with Crippen LogP contribution in [0.15, 0.2) is 18.2 Å². The minimum atomic E-state index is -0.952. The normalized spacial score (nSPS) is 23.6. The van der Waals surface area contributed by atoms with Crippen molar-refractivity contribution >= 4 is 17.0 Å². The number of aromatic nitrogens is 3. The third-order valence-electron chi connectivity index (χ3n) is 3.86. The van der Waals surface area contributed by atoms with Crippen molar-refractivity contribution in [2.75, 3.05) is 0 Å². The Bertz CT molecular complexity index is 605. The first-order valence-corrected chi connectivity index (χ1v) is 6.25. The number of hydrogen-bond donors (Lipinski definition) is 1. The zero-order valence-electron chi connectivity index (χ0n) is 10.2. The molecule has 0 aliphatic heterocycles. The van der Waals surface area contributed by atoms with Crippen LogP contribution in [0.5, 0.6) is 0 Å². The van der Waals surface area contributed by atoms with Gasteiger partial charge in [-0.2, -0.15) is 0 Å². The van der Waals surface area contributed by atoms with Gasteiger partial charge in [-0.1, -0.05) is 24.6 Å². The van der Waals surface area contributed by atoms with E-state index in [0.717, 1.165) is 11.9 Å². The minimum Gasteiger partial charge on any atom is -0.478 e. The smallest absolute Gasteiger partial charge is 0.338 e. The molecule has 0 amide bonds. The fraction of sp³-hybridized carbons (Fsp3) is 0.462. The van der Waals surface area contributed by atoms with E-state index in [2.05, 4.69) is 17.2 Å². The molecule has 1 aliphatic rings. The van der Waals surface area contributed by atoms with E-state index in [4.69, 9.17) is 5.11 Å². The van der Waals surface area contributed by atoms with Crippen molar-refractivity contribution in [1.82, 2.24) is 15.0 Å². The quantitative estimate of drug-likeness (QED) is 0.882. The second-order valence-electron chi connectivity index (χ2n) is 4.99. The van der Waals surface area contributed by atoms with Crippen LogP contribution in [0, 0.1) is 5.92 Å². The average Bonchev–Trinajstić information content (AvgIpc) is 2.93. The molecule has 0 saturated heterocycles. The Labute approximate surface area is 104 Å². The van der Waals surface area contributed by atoms with Gasteiger partial charge in [0.15, 0.2) is 0 Å². The van der Waals surface area contributed by atoms with E-state index in [-0.39, 0.29) is 5.56 Å². The lowest BCUT2D eigenvalue weighted by Gasteiger charge is -2.15. The summed E-state index contributed by atoms with van der Waals surface area (Å²) in [6.07, 6.45) is 3.49. The number of carbonyl (C=O) groups is 1. The molecule has 18 heavy (non-hydrogen) atoms. The van der Waals surface area contributed by atoms with Crippen molar-refractivity contribution in [3.05, 3.63) is 23.8 Å². The molecule has 1 N–H and O–H groups in total. The summed E-state index contributed by atoms with van der Waals surface area (Å²) in [4.78, 5) is 11.1. The summed E-state index contributed by atoms with van der Waals surface area (Å²) in [6, 6.07) is 5.57. The van der Waals surface area contributed by atoms with Crippen LogP contribution < -0.4 is 0 Å². The largest absolute Gasteiger partial charge is 0.478 e. The van der Waals surface area contributed by atoms with Crippen molar-refractivity contribution in [3.63, 3.8) is 0 Å². The molecule has 1 aliphatic carbocycles. The van der Waals surface area contributed by atoms with E-state index >= 15 is 0 Å². The van der Waals surface area contributed by atoms with Crippen LogP contribution in [0.2, 0.25) is 0 Å². The number of hydrogen-bond acceptors (Lipinski definition) is 3. The molecule has 1 fully saturated rings. The summed E-state index contributed by atoms with van der Waals surface area (Å²) < 4.78 is 1.90. The highest BCUT2D eigenvalue weighted by Crippen LogP contribution is 2.36. The topological polar surface area (TPSA) is 68.0 Å². The van der Waals surface area contributed by atoms with Gasteiger partial charge in [0.25, 0.3) is 0 Å². The molecule has 1 aromatic carbocycles. The first-order valence-electron chi connectivity index (χ1n) is 6.25. The summed E-state index contributed by atoms with van der Waals surface area (Å²) in [7, 11) is 0. The number of aromatic carboxylic acids is 1. The van der Waals surface area contributed by atoms with Gasteiger partial charge in [0, 0.05) is 0 Å². The molecule has 5 heteroatoms. The molecular weight excluding hydrogens is 230 g/mol. The molecule has 3 rings (SSSR count). The van der Waals surface area contributed by atoms with Gasteiger partial charge in [-0.05, 0) is 30.9 Å². The van der Waals surface area contributed by atoms with Gasteiger partial charge >= 0.3 is 5.97 Å². The maximum atomic E-state index is 11.1. The summed E-state index contributed by atoms with van der Waals surface area (Å²) in [5.74, 6) is -0.379. The van der Waals surface area contributed by atoms with Gasteiger partial charge in [-0.3, -0.25) is 0 Å². The molecule has 94 valence electrons. The lowest BCUT2D eigenvalue weighted by Crippen LogP contribution is -2.13. The van der Waals surface area contributed by atoms with E-state index in [1.165, 1.54) is 12.8 Å². The van der Waals surface area contributed by atoms with E-state index in [9.17, 15) is 4.79 Å². The van der Waals surface area contributed by atoms with E-state index in [1.807, 2.05) is 10.7 Å². The van der Waals surface area contributed by atoms with Crippen LogP contribution >= 0.6 is 0 Å². The van der Waals surface area contributed by atoms with Crippen molar-refractivity contribution in [2.45, 2.75) is 32.2 Å². The summed E-state index contributed by atoms with van der Waals surface area (Å²) in [5, 5.41) is 17.4. The van der Waals surface area contributed by atoms with Gasteiger partial charge in [0.1, 0.15) is 5.52 Å². The molecular formula is C13H15N3O2. The van der Waals surface area contributed by atoms with Crippen LogP contribution in [-0.2, 0) is 0 Å². The molecule has 2 unspecified atom stereocenters. The van der Waals surface area contributed by atoms with Crippen molar-refractivity contribution in [3.8, 4) is 0 Å². The zero-order valence-corrected chi connectivity index (χ0v) is 10.2. The number of carboxylic acids is 1. The number of benzene rings is 1. The van der Waals surface area contributed by atoms with E-state index in [0.29, 0.717) is 17.5 Å². The molecule has 1 saturated carbocycles. The minimum absolute atomic E-state index is 0.226. The summed E-state index contributed by atoms with van der Waals surface area (Å²) in [6.45, 7) is 2.21. The van der Waals surface area contributed by atoms with Gasteiger partial charge in [-0.15, -0.1) is 5.10 Å². The fourth-order valence-electron chi connectivity index (χ4n) is 2.87. The van der Waals surface area contributed by atoms with Gasteiger partial charge in [0.05, 0.1) is 17.1 Å². The van der Waals surface area contributed by atoms with Gasteiger partial charge in [0.2, 0.25) is 0 Å². The fourth-order valence-corrected chi connectivity index (χ4v) is 2.87. The number of nitrogens with zero attached hydrogens (tertiary/aromatic N) is 3. The number of carboxylic acid groups (broad SMARTS) is 1. The van der Waals surface area contributed by atoms with E-state index < -0.39 is 5.97 Å². The average molecular weight is 245 g/mol. The standard InChI is InChI=1S/C13H15N3O2/c1-8-4-2-6-10(8)16-11-7-3-5-9(13(17)18)12(11)14-15-16/h3,5,7-8,10H,2,4,6H2,1H3,(H,17,18). The predicted molar refractivity (Wildman–Crippen MR) is 66.5 cm³/mol. The monoisotopic (exact) mass is 245 g/mol. The first kappa shape index (κ1) is 11.2. The molecule has 0 bridgehead atoms. The van der Waals surface area contributed by atoms with E-state index in [1.54, 1.807) is 12.1 Å². The van der Waals surface area contributed by atoms with Crippen LogP contribution in [0.25, 0.3) is 11.0 Å². The highest BCUT2D eigenvalue weighted by molar-refractivity contribution is 6.00. The molecule has 2 aromatic rings. The lowest BCUT2D eigenvalue weighted by atomic mass is 10.1. The SMILES string of the molecule is CC1CCCC1n1nnc2c(C(=O)O)cccc21. The highest BCUT2D eigenvalue weighted by Gasteiger charge is 2.27. The number of fused-ring (bicyclic) bond motifs is 1. The highest BCUT2D eigenvalue weighted by atomic mass is 16.4. The van der Waals surface area contributed by atoms with Crippen molar-refractivity contribution < 1.29 is 9.90 Å². The second kappa shape index (κ2) is 4.08. The summed E-state index contributed by atoms with van der Waals surface area (Å²) in [5.41, 5.74) is 1.54. The Morgan fingerprint density at radius 1 is 1.44 bits per heavy atom. The Morgan fingerprint density at radius 3 is 2.94 bits per heavy atom. The molecule has 1 heterocycles. The predicted octanol–water partition coefficient (Wildman–Crippen LogP) is 2.49. The molecule has 0 radical (unpaired) electrons. The molecule has 0 spiro atoms. The Hall–Kier alpha value is -1.91. The third kappa shape index (κ3) is 1.58. The maximum absolute atomic E-state index is 11.1. The summed E-state index contributed by atoms with van der Waals surface area (Å²) >= 11 is 0. The second-order valence-corrected chi connectivity index (χ2v) is 4.99. The maximum Gasteiger partial charge on any atom is 0.338 e. The van der Waals surface area contributed by atoms with Crippen LogP contribution in [0.3, 0.4) is 0 Å². The third-order valence-corrected chi connectivity index (χ3v) is 3.86. The van der Waals surface area contributed by atoms with Crippen LogP contribution in [0.1, 0.15) is 42.6 Å². The van der Waals surface area contributed by atoms with Crippen molar-refractivity contribution in [2.24, 2.45) is 5.92 Å². The van der Waals surface area contributed by atoms with Gasteiger partial charge < -0.3 is 5.11 Å². The molecule has 2 atom stereocenters. The molecule has 1 aromatic heterocycles. The van der Waals surface area contributed by atoms with Crippen LogP contribution in [0.4, 0.5) is 0 Å². The Morgan fingerprint density at radius 2 is 2.28 bits per heavy atom. The van der Waals surface area contributed by atoms with Gasteiger partial charge in [-0.25, -0.2) is 9.48 Å². The Balaban J connectivity index is 2.15. The molecule has 5 nitrogen and oxygen atoms in total. The lowest BCUT2D eigenvalue weighted by molar-refractivity contribution is 0.0699. The first-order chi connectivity index (χ1) is 8.68. The van der Waals surface area contributed by atoms with Crippen LogP contribution in [-0.4, -0.2) is 26.1 Å². The number of rotatable bonds is 2. The Kier molecular flexibility index (Phi) is 2.54. The zero-order chi connectivity index (χ0) is 12.7.